The SMILES string of the molecule is CN1CC(Br)=Cc2nc(Cl)ccc21. The Kier molecular flexibility index (Phi) is 2.30. The van der Waals surface area contributed by atoms with Crippen LogP contribution in [0.15, 0.2) is 16.6 Å². The molecule has 1 aromatic rings. The maximum atomic E-state index is 5.80. The Hall–Kier alpha value is -0.540. The summed E-state index contributed by atoms with van der Waals surface area (Å²) in [7, 11) is 2.03. The fourth-order valence-corrected chi connectivity index (χ4v) is 2.12. The van der Waals surface area contributed by atoms with Crippen LogP contribution < -0.4 is 4.90 Å². The molecule has 1 aliphatic heterocycles. The second kappa shape index (κ2) is 3.31. The number of hydrogen-bond acceptors (Lipinski definition) is 2. The van der Waals surface area contributed by atoms with Crippen LogP contribution in [-0.2, 0) is 0 Å². The molecule has 1 aromatic heterocycles. The van der Waals surface area contributed by atoms with Crippen LogP contribution in [-0.4, -0.2) is 18.6 Å². The van der Waals surface area contributed by atoms with Gasteiger partial charge in [-0.3, -0.25) is 0 Å². The number of aromatic nitrogens is 1. The van der Waals surface area contributed by atoms with Gasteiger partial charge in [-0.25, -0.2) is 4.98 Å². The number of rotatable bonds is 0. The number of pyridine rings is 1. The van der Waals surface area contributed by atoms with Gasteiger partial charge in [0.15, 0.2) is 0 Å². The van der Waals surface area contributed by atoms with Crippen LogP contribution in [0.25, 0.3) is 6.08 Å². The molecule has 1 aliphatic rings. The minimum atomic E-state index is 0.533. The summed E-state index contributed by atoms with van der Waals surface area (Å²) in [6.07, 6.45) is 2.00. The first-order valence-electron chi connectivity index (χ1n) is 3.90. The molecule has 0 atom stereocenters. The second-order valence-corrected chi connectivity index (χ2v) is 4.39. The molecule has 2 rings (SSSR count). The highest BCUT2D eigenvalue weighted by Gasteiger charge is 2.14. The van der Waals surface area contributed by atoms with Crippen LogP contribution in [0.5, 0.6) is 0 Å². The highest BCUT2D eigenvalue weighted by molar-refractivity contribution is 9.11. The van der Waals surface area contributed by atoms with Gasteiger partial charge in [-0.1, -0.05) is 27.5 Å². The fourth-order valence-electron chi connectivity index (χ4n) is 1.38. The Bertz CT molecular complexity index is 376. The molecule has 0 bridgehead atoms. The second-order valence-electron chi connectivity index (χ2n) is 2.99. The van der Waals surface area contributed by atoms with Crippen LogP contribution in [0.2, 0.25) is 5.15 Å². The van der Waals surface area contributed by atoms with E-state index in [1.54, 1.807) is 0 Å². The predicted octanol–water partition coefficient (Wildman–Crippen LogP) is 2.92. The van der Waals surface area contributed by atoms with E-state index in [4.69, 9.17) is 11.6 Å². The van der Waals surface area contributed by atoms with Gasteiger partial charge in [-0.15, -0.1) is 0 Å². The van der Waals surface area contributed by atoms with Crippen molar-refractivity contribution in [1.82, 2.24) is 4.98 Å². The van der Waals surface area contributed by atoms with Crippen LogP contribution >= 0.6 is 27.5 Å². The highest BCUT2D eigenvalue weighted by Crippen LogP contribution is 2.29. The van der Waals surface area contributed by atoms with Crippen molar-refractivity contribution in [3.8, 4) is 0 Å². The third-order valence-corrected chi connectivity index (χ3v) is 2.65. The molecule has 0 aliphatic carbocycles. The molecule has 4 heteroatoms. The lowest BCUT2D eigenvalue weighted by atomic mass is 10.2. The maximum absolute atomic E-state index is 5.80. The van der Waals surface area contributed by atoms with Crippen molar-refractivity contribution in [3.05, 3.63) is 27.5 Å². The smallest absolute Gasteiger partial charge is 0.129 e. The summed E-state index contributed by atoms with van der Waals surface area (Å²) in [6.45, 7) is 0.885. The number of likely N-dealkylation sites (N-methyl/N-ethyl adjacent to an activating group) is 1. The molecule has 0 aromatic carbocycles. The topological polar surface area (TPSA) is 16.1 Å². The summed E-state index contributed by atoms with van der Waals surface area (Å²) >= 11 is 9.26. The molecule has 0 saturated heterocycles. The highest BCUT2D eigenvalue weighted by atomic mass is 79.9. The van der Waals surface area contributed by atoms with Gasteiger partial charge in [0.1, 0.15) is 5.15 Å². The molecular weight excluding hydrogens is 251 g/mol. The van der Waals surface area contributed by atoms with Crippen LogP contribution in [0, 0.1) is 0 Å². The molecule has 2 heterocycles. The normalized spacial score (nSPS) is 15.3. The summed E-state index contributed by atoms with van der Waals surface area (Å²) in [4.78, 5) is 6.36. The standard InChI is InChI=1S/C9H8BrClN2/c1-13-5-6(10)4-7-8(13)2-3-9(11)12-7/h2-4H,5H2,1H3. The number of anilines is 1. The first-order chi connectivity index (χ1) is 6.16. The molecular formula is C9H8BrClN2. The molecule has 13 heavy (non-hydrogen) atoms. The van der Waals surface area contributed by atoms with Crippen molar-refractivity contribution in [2.75, 3.05) is 18.5 Å². The Morgan fingerprint density at radius 1 is 1.54 bits per heavy atom. The van der Waals surface area contributed by atoms with Gasteiger partial charge in [0.25, 0.3) is 0 Å². The number of halogens is 2. The third kappa shape index (κ3) is 1.71. The fraction of sp³-hybridized carbons (Fsp3) is 0.222. The molecule has 0 amide bonds. The van der Waals surface area contributed by atoms with E-state index >= 15 is 0 Å². The van der Waals surface area contributed by atoms with Crippen molar-refractivity contribution in [1.29, 1.82) is 0 Å². The van der Waals surface area contributed by atoms with E-state index in [0.29, 0.717) is 5.15 Å². The van der Waals surface area contributed by atoms with E-state index in [2.05, 4.69) is 25.8 Å². The van der Waals surface area contributed by atoms with Crippen molar-refractivity contribution in [3.63, 3.8) is 0 Å². The zero-order chi connectivity index (χ0) is 9.42. The number of nitrogens with zero attached hydrogens (tertiary/aromatic N) is 2. The lowest BCUT2D eigenvalue weighted by Gasteiger charge is -2.24. The van der Waals surface area contributed by atoms with Crippen molar-refractivity contribution in [2.24, 2.45) is 0 Å². The van der Waals surface area contributed by atoms with Crippen molar-refractivity contribution >= 4 is 39.3 Å². The average Bonchev–Trinajstić information content (AvgIpc) is 2.02. The number of fused-ring (bicyclic) bond motifs is 1. The Morgan fingerprint density at radius 3 is 3.08 bits per heavy atom. The van der Waals surface area contributed by atoms with Gasteiger partial charge < -0.3 is 4.90 Å². The summed E-state index contributed by atoms with van der Waals surface area (Å²) in [6, 6.07) is 3.80. The summed E-state index contributed by atoms with van der Waals surface area (Å²) in [5.74, 6) is 0. The summed E-state index contributed by atoms with van der Waals surface area (Å²) in [5, 5.41) is 0.533. The molecule has 0 fully saturated rings. The molecule has 0 unspecified atom stereocenters. The quantitative estimate of drug-likeness (QED) is 0.666. The molecule has 0 spiro atoms. The van der Waals surface area contributed by atoms with Gasteiger partial charge >= 0.3 is 0 Å². The van der Waals surface area contributed by atoms with E-state index in [1.165, 1.54) is 0 Å². The Morgan fingerprint density at radius 2 is 2.31 bits per heavy atom. The lowest BCUT2D eigenvalue weighted by molar-refractivity contribution is 0.996. The molecule has 0 N–H and O–H groups in total. The monoisotopic (exact) mass is 258 g/mol. The van der Waals surface area contributed by atoms with Gasteiger partial charge in [-0.05, 0) is 18.2 Å². The molecule has 0 radical (unpaired) electrons. The number of hydrogen-bond donors (Lipinski definition) is 0. The van der Waals surface area contributed by atoms with Crippen LogP contribution in [0.3, 0.4) is 0 Å². The first kappa shape index (κ1) is 9.03. The molecule has 68 valence electrons. The van der Waals surface area contributed by atoms with E-state index < -0.39 is 0 Å². The van der Waals surface area contributed by atoms with Crippen molar-refractivity contribution in [2.45, 2.75) is 0 Å². The van der Waals surface area contributed by atoms with E-state index in [-0.39, 0.29) is 0 Å². The third-order valence-electron chi connectivity index (χ3n) is 1.96. The van der Waals surface area contributed by atoms with E-state index in [0.717, 1.165) is 22.4 Å². The van der Waals surface area contributed by atoms with Crippen LogP contribution in [0.4, 0.5) is 5.69 Å². The predicted molar refractivity (Wildman–Crippen MR) is 59.4 cm³/mol. The first-order valence-corrected chi connectivity index (χ1v) is 5.07. The summed E-state index contributed by atoms with van der Waals surface area (Å²) in [5.41, 5.74) is 2.04. The van der Waals surface area contributed by atoms with Crippen molar-refractivity contribution < 1.29 is 0 Å². The summed E-state index contributed by atoms with van der Waals surface area (Å²) < 4.78 is 1.12. The minimum absolute atomic E-state index is 0.533. The van der Waals surface area contributed by atoms with Gasteiger partial charge in [0, 0.05) is 18.1 Å². The zero-order valence-corrected chi connectivity index (χ0v) is 9.43. The molecule has 2 nitrogen and oxygen atoms in total. The average molecular weight is 260 g/mol. The van der Waals surface area contributed by atoms with Gasteiger partial charge in [-0.2, -0.15) is 0 Å². The minimum Gasteiger partial charge on any atom is -0.368 e. The zero-order valence-electron chi connectivity index (χ0n) is 7.09. The van der Waals surface area contributed by atoms with Crippen LogP contribution in [0.1, 0.15) is 5.69 Å². The molecule has 0 saturated carbocycles. The van der Waals surface area contributed by atoms with Gasteiger partial charge in [0.2, 0.25) is 0 Å². The maximum Gasteiger partial charge on any atom is 0.129 e. The Labute approximate surface area is 90.3 Å². The van der Waals surface area contributed by atoms with Gasteiger partial charge in [0.05, 0.1) is 11.4 Å². The van der Waals surface area contributed by atoms with E-state index in [9.17, 15) is 0 Å². The largest absolute Gasteiger partial charge is 0.368 e. The lowest BCUT2D eigenvalue weighted by Crippen LogP contribution is -2.22. The van der Waals surface area contributed by atoms with E-state index in [1.807, 2.05) is 25.3 Å². The Balaban J connectivity index is 2.56.